The minimum absolute atomic E-state index is 0.00750. The molecular weight excluding hydrogens is 259 g/mol. The molecular formula is C13H16F3NO2. The first-order valence-corrected chi connectivity index (χ1v) is 5.95. The van der Waals surface area contributed by atoms with Crippen molar-refractivity contribution in [1.82, 2.24) is 0 Å². The van der Waals surface area contributed by atoms with Gasteiger partial charge in [0.25, 0.3) is 0 Å². The molecule has 1 saturated carbocycles. The van der Waals surface area contributed by atoms with Crippen molar-refractivity contribution in [3.63, 3.8) is 0 Å². The summed E-state index contributed by atoms with van der Waals surface area (Å²) >= 11 is 0. The van der Waals surface area contributed by atoms with Crippen LogP contribution in [0.5, 0.6) is 11.5 Å². The van der Waals surface area contributed by atoms with E-state index in [4.69, 9.17) is 15.2 Å². The molecule has 2 rings (SSSR count). The largest absolute Gasteiger partial charge is 0.493 e. The number of alkyl halides is 3. The number of hydrogen-bond acceptors (Lipinski definition) is 3. The smallest absolute Gasteiger partial charge is 0.416 e. The molecule has 0 heterocycles. The predicted molar refractivity (Wildman–Crippen MR) is 64.3 cm³/mol. The highest BCUT2D eigenvalue weighted by Gasteiger charge is 2.45. The fourth-order valence-corrected chi connectivity index (χ4v) is 2.47. The van der Waals surface area contributed by atoms with Crippen molar-refractivity contribution in [2.24, 2.45) is 5.73 Å². The number of halogens is 3. The molecule has 1 aromatic rings. The molecule has 1 aliphatic rings. The van der Waals surface area contributed by atoms with Crippen LogP contribution < -0.4 is 15.2 Å². The van der Waals surface area contributed by atoms with E-state index in [0.29, 0.717) is 12.8 Å². The summed E-state index contributed by atoms with van der Waals surface area (Å²) in [6.07, 6.45) is -2.62. The van der Waals surface area contributed by atoms with Crippen molar-refractivity contribution in [2.45, 2.75) is 31.0 Å². The normalized spacial score (nSPS) is 17.8. The average molecular weight is 275 g/mol. The quantitative estimate of drug-likeness (QED) is 0.922. The molecule has 1 aliphatic carbocycles. The zero-order valence-electron chi connectivity index (χ0n) is 10.8. The van der Waals surface area contributed by atoms with E-state index in [0.717, 1.165) is 12.5 Å². The van der Waals surface area contributed by atoms with Crippen LogP contribution in [0.1, 0.15) is 30.4 Å². The van der Waals surface area contributed by atoms with E-state index in [2.05, 4.69) is 0 Å². The summed E-state index contributed by atoms with van der Waals surface area (Å²) in [6.45, 7) is 0. The van der Waals surface area contributed by atoms with E-state index in [9.17, 15) is 13.2 Å². The van der Waals surface area contributed by atoms with Gasteiger partial charge in [-0.25, -0.2) is 0 Å². The second-order valence-corrected chi connectivity index (χ2v) is 4.73. The lowest BCUT2D eigenvalue weighted by Crippen LogP contribution is -2.45. The summed E-state index contributed by atoms with van der Waals surface area (Å²) in [5.74, 6) is 0.349. The maximum atomic E-state index is 13.1. The van der Waals surface area contributed by atoms with Gasteiger partial charge in [-0.15, -0.1) is 0 Å². The molecule has 1 fully saturated rings. The van der Waals surface area contributed by atoms with Crippen molar-refractivity contribution in [3.05, 3.63) is 23.3 Å². The number of benzene rings is 1. The van der Waals surface area contributed by atoms with Crippen LogP contribution in [0.4, 0.5) is 13.2 Å². The lowest BCUT2D eigenvalue weighted by Gasteiger charge is -2.41. The summed E-state index contributed by atoms with van der Waals surface area (Å²) in [5.41, 5.74) is 4.37. The number of methoxy groups -OCH3 is 2. The molecule has 6 heteroatoms. The van der Waals surface area contributed by atoms with E-state index >= 15 is 0 Å². The molecule has 0 saturated heterocycles. The van der Waals surface area contributed by atoms with Crippen molar-refractivity contribution in [3.8, 4) is 11.5 Å². The minimum atomic E-state index is -4.46. The van der Waals surface area contributed by atoms with Gasteiger partial charge in [-0.3, -0.25) is 0 Å². The molecule has 19 heavy (non-hydrogen) atoms. The van der Waals surface area contributed by atoms with Gasteiger partial charge in [0.2, 0.25) is 0 Å². The van der Waals surface area contributed by atoms with Crippen LogP contribution >= 0.6 is 0 Å². The molecule has 3 nitrogen and oxygen atoms in total. The SMILES string of the molecule is COc1ccc(C(F)(F)F)c(C2(N)CCC2)c1OC. The Balaban J connectivity index is 2.69. The van der Waals surface area contributed by atoms with Crippen LogP contribution in [-0.2, 0) is 11.7 Å². The maximum absolute atomic E-state index is 13.1. The fraction of sp³-hybridized carbons (Fsp3) is 0.538. The zero-order chi connectivity index (χ0) is 14.3. The molecule has 1 aromatic carbocycles. The Kier molecular flexibility index (Phi) is 3.38. The van der Waals surface area contributed by atoms with E-state index in [1.54, 1.807) is 0 Å². The summed E-state index contributed by atoms with van der Waals surface area (Å²) in [4.78, 5) is 0. The Hall–Kier alpha value is -1.43. The van der Waals surface area contributed by atoms with Crippen molar-refractivity contribution < 1.29 is 22.6 Å². The highest BCUT2D eigenvalue weighted by molar-refractivity contribution is 5.55. The van der Waals surface area contributed by atoms with Crippen LogP contribution in [0.3, 0.4) is 0 Å². The van der Waals surface area contributed by atoms with Crippen LogP contribution in [0, 0.1) is 0 Å². The summed E-state index contributed by atoms with van der Waals surface area (Å²) in [6, 6.07) is 2.26. The second-order valence-electron chi connectivity index (χ2n) is 4.73. The monoisotopic (exact) mass is 275 g/mol. The fourth-order valence-electron chi connectivity index (χ4n) is 2.47. The van der Waals surface area contributed by atoms with Crippen molar-refractivity contribution in [1.29, 1.82) is 0 Å². The van der Waals surface area contributed by atoms with E-state index in [1.165, 1.54) is 20.3 Å². The number of ether oxygens (including phenoxy) is 2. The lowest BCUT2D eigenvalue weighted by atomic mass is 9.70. The average Bonchev–Trinajstić information content (AvgIpc) is 2.32. The Morgan fingerprint density at radius 1 is 1.16 bits per heavy atom. The van der Waals surface area contributed by atoms with Crippen LogP contribution in [0.25, 0.3) is 0 Å². The molecule has 0 aromatic heterocycles. The highest BCUT2D eigenvalue weighted by Crippen LogP contribution is 2.51. The van der Waals surface area contributed by atoms with Gasteiger partial charge in [0, 0.05) is 11.1 Å². The number of hydrogen-bond donors (Lipinski definition) is 1. The standard InChI is InChI=1S/C13H16F3NO2/c1-18-9-5-4-8(13(14,15)16)10(11(9)19-2)12(17)6-3-7-12/h4-5H,3,6-7,17H2,1-2H3. The van der Waals surface area contributed by atoms with Crippen molar-refractivity contribution in [2.75, 3.05) is 14.2 Å². The molecule has 0 spiro atoms. The zero-order valence-corrected chi connectivity index (χ0v) is 10.8. The van der Waals surface area contributed by atoms with Gasteiger partial charge in [0.15, 0.2) is 11.5 Å². The molecule has 0 atom stereocenters. The summed E-state index contributed by atoms with van der Waals surface area (Å²) in [7, 11) is 2.71. The third kappa shape index (κ3) is 2.25. The van der Waals surface area contributed by atoms with Gasteiger partial charge in [0.1, 0.15) is 0 Å². The molecule has 0 radical (unpaired) electrons. The summed E-state index contributed by atoms with van der Waals surface area (Å²) < 4.78 is 49.6. The molecule has 0 aliphatic heterocycles. The van der Waals surface area contributed by atoms with Crippen LogP contribution in [-0.4, -0.2) is 14.2 Å². The van der Waals surface area contributed by atoms with E-state index < -0.39 is 17.3 Å². The van der Waals surface area contributed by atoms with E-state index in [1.807, 2.05) is 0 Å². The predicted octanol–water partition coefficient (Wildman–Crippen LogP) is 3.06. The Labute approximate surface area is 109 Å². The van der Waals surface area contributed by atoms with Crippen LogP contribution in [0.15, 0.2) is 12.1 Å². The Morgan fingerprint density at radius 2 is 1.79 bits per heavy atom. The van der Waals surface area contributed by atoms with Gasteiger partial charge in [-0.1, -0.05) is 0 Å². The first-order chi connectivity index (χ1) is 8.83. The Morgan fingerprint density at radius 3 is 2.16 bits per heavy atom. The van der Waals surface area contributed by atoms with Gasteiger partial charge in [-0.05, 0) is 31.4 Å². The topological polar surface area (TPSA) is 44.5 Å². The molecule has 0 amide bonds. The lowest BCUT2D eigenvalue weighted by molar-refractivity contribution is -0.139. The van der Waals surface area contributed by atoms with Crippen LogP contribution in [0.2, 0.25) is 0 Å². The first-order valence-electron chi connectivity index (χ1n) is 5.95. The van der Waals surface area contributed by atoms with Gasteiger partial charge < -0.3 is 15.2 Å². The van der Waals surface area contributed by atoms with Gasteiger partial charge >= 0.3 is 6.18 Å². The van der Waals surface area contributed by atoms with Gasteiger partial charge in [0.05, 0.1) is 19.8 Å². The van der Waals surface area contributed by atoms with Gasteiger partial charge in [-0.2, -0.15) is 13.2 Å². The Bertz CT molecular complexity index is 482. The molecule has 0 bridgehead atoms. The third-order valence-electron chi connectivity index (χ3n) is 3.59. The first kappa shape index (κ1) is 14.0. The summed E-state index contributed by atoms with van der Waals surface area (Å²) in [5, 5.41) is 0. The highest BCUT2D eigenvalue weighted by atomic mass is 19.4. The molecule has 0 unspecified atom stereocenters. The molecule has 106 valence electrons. The maximum Gasteiger partial charge on any atom is 0.416 e. The number of nitrogens with two attached hydrogens (primary N) is 1. The third-order valence-corrected chi connectivity index (χ3v) is 3.59. The number of rotatable bonds is 3. The van der Waals surface area contributed by atoms with E-state index in [-0.39, 0.29) is 17.1 Å². The molecule has 2 N–H and O–H groups in total. The van der Waals surface area contributed by atoms with Crippen molar-refractivity contribution >= 4 is 0 Å². The second kappa shape index (κ2) is 4.59. The minimum Gasteiger partial charge on any atom is -0.493 e.